The van der Waals surface area contributed by atoms with Gasteiger partial charge < -0.3 is 19.8 Å². The van der Waals surface area contributed by atoms with Crippen LogP contribution in [0.5, 0.6) is 0 Å². The van der Waals surface area contributed by atoms with Crippen molar-refractivity contribution < 1.29 is 41.4 Å². The van der Waals surface area contributed by atoms with Crippen molar-refractivity contribution in [2.24, 2.45) is 11.3 Å². The maximum Gasteiger partial charge on any atom is 0.490 e. The van der Waals surface area contributed by atoms with E-state index in [1.165, 1.54) is 12.1 Å². The van der Waals surface area contributed by atoms with E-state index in [9.17, 15) is 31.5 Å². The van der Waals surface area contributed by atoms with Crippen molar-refractivity contribution in [1.82, 2.24) is 14.7 Å². The van der Waals surface area contributed by atoms with Crippen LogP contribution in [-0.4, -0.2) is 90.1 Å². The van der Waals surface area contributed by atoms with Crippen LogP contribution in [0.2, 0.25) is 0 Å². The molecule has 12 heteroatoms. The first-order chi connectivity index (χ1) is 17.3. The number of benzene rings is 1. The van der Waals surface area contributed by atoms with Crippen LogP contribution in [0.1, 0.15) is 37.7 Å². The van der Waals surface area contributed by atoms with E-state index in [-0.39, 0.29) is 23.8 Å². The molecule has 1 aromatic rings. The maximum atomic E-state index is 14.0. The van der Waals surface area contributed by atoms with Crippen LogP contribution < -0.4 is 0 Å². The fraction of sp³-hybridized carbons (Fsp3) is 0.640. The third-order valence-electron chi connectivity index (χ3n) is 7.46. The summed E-state index contributed by atoms with van der Waals surface area (Å²) < 4.78 is 59.2. The number of nitrogens with zero attached hydrogens (tertiary/aromatic N) is 3. The Labute approximate surface area is 212 Å². The molecule has 3 heterocycles. The predicted molar refractivity (Wildman–Crippen MR) is 123 cm³/mol. The second-order valence-electron chi connectivity index (χ2n) is 10.1. The van der Waals surface area contributed by atoms with Gasteiger partial charge in [0.1, 0.15) is 0 Å². The smallest absolute Gasteiger partial charge is 0.475 e. The highest BCUT2D eigenvalue weighted by atomic mass is 19.4. The highest BCUT2D eigenvalue weighted by molar-refractivity contribution is 5.87. The third kappa shape index (κ3) is 7.18. The predicted octanol–water partition coefficient (Wildman–Crippen LogP) is 3.32. The zero-order valence-electron chi connectivity index (χ0n) is 20.7. The van der Waals surface area contributed by atoms with Crippen molar-refractivity contribution in [2.45, 2.75) is 44.7 Å². The number of hydrogen-bond acceptors (Lipinski definition) is 4. The standard InChI is InChI=1S/C23H31F2N3O2.C2HF3O2/c1-26-11-6-17(7-12-26)15-27-13-9-23(22(27)30)8-3-10-28(16-23)20(29)14-18-4-2-5-19(24)21(18)25;3-2(4,5)1(6)7/h2,4-5,17H,3,6-16H2,1H3;(H,6,7). The lowest BCUT2D eigenvalue weighted by atomic mass is 9.78. The minimum Gasteiger partial charge on any atom is -0.475 e. The van der Waals surface area contributed by atoms with E-state index >= 15 is 0 Å². The molecule has 3 aliphatic rings. The molecule has 3 fully saturated rings. The summed E-state index contributed by atoms with van der Waals surface area (Å²) in [6.07, 6.45) is -0.670. The zero-order valence-corrected chi connectivity index (χ0v) is 20.7. The van der Waals surface area contributed by atoms with Gasteiger partial charge in [0.15, 0.2) is 11.6 Å². The van der Waals surface area contributed by atoms with Crippen molar-refractivity contribution in [3.05, 3.63) is 35.4 Å². The molecular formula is C25H32F5N3O4. The van der Waals surface area contributed by atoms with Gasteiger partial charge in [-0.25, -0.2) is 13.6 Å². The maximum absolute atomic E-state index is 14.0. The second kappa shape index (κ2) is 11.7. The summed E-state index contributed by atoms with van der Waals surface area (Å²) in [4.78, 5) is 41.0. The van der Waals surface area contributed by atoms with Crippen LogP contribution in [0, 0.1) is 23.0 Å². The number of aliphatic carboxylic acids is 1. The lowest BCUT2D eigenvalue weighted by Gasteiger charge is -2.39. The van der Waals surface area contributed by atoms with Crippen LogP contribution in [-0.2, 0) is 20.8 Å². The Kier molecular flexibility index (Phi) is 9.14. The molecule has 3 aliphatic heterocycles. The van der Waals surface area contributed by atoms with Gasteiger partial charge in [-0.2, -0.15) is 13.2 Å². The number of carboxylic acid groups (broad SMARTS) is 1. The summed E-state index contributed by atoms with van der Waals surface area (Å²) in [5.74, 6) is -4.16. The summed E-state index contributed by atoms with van der Waals surface area (Å²) in [7, 11) is 2.13. The number of carbonyl (C=O) groups is 3. The van der Waals surface area contributed by atoms with E-state index in [2.05, 4.69) is 11.9 Å². The van der Waals surface area contributed by atoms with Crippen LogP contribution in [0.25, 0.3) is 0 Å². The molecule has 0 radical (unpaired) electrons. The monoisotopic (exact) mass is 533 g/mol. The normalized spacial score (nSPS) is 23.2. The van der Waals surface area contributed by atoms with E-state index in [4.69, 9.17) is 9.90 Å². The van der Waals surface area contributed by atoms with E-state index < -0.39 is 29.2 Å². The van der Waals surface area contributed by atoms with Gasteiger partial charge >= 0.3 is 12.1 Å². The SMILES string of the molecule is CN1CCC(CN2CCC3(CCCN(C(=O)Cc4cccc(F)c4F)C3)C2=O)CC1.O=C(O)C(F)(F)F. The van der Waals surface area contributed by atoms with Crippen LogP contribution in [0.15, 0.2) is 18.2 Å². The number of piperidine rings is 2. The van der Waals surface area contributed by atoms with Gasteiger partial charge in [-0.15, -0.1) is 0 Å². The Morgan fingerprint density at radius 1 is 1.08 bits per heavy atom. The molecule has 7 nitrogen and oxygen atoms in total. The molecule has 1 spiro atoms. The highest BCUT2D eigenvalue weighted by Crippen LogP contribution is 2.41. The molecule has 4 rings (SSSR count). The molecule has 3 saturated heterocycles. The largest absolute Gasteiger partial charge is 0.490 e. The van der Waals surface area contributed by atoms with Crippen LogP contribution in [0.4, 0.5) is 22.0 Å². The average Bonchev–Trinajstić information content (AvgIpc) is 3.12. The number of alkyl halides is 3. The summed E-state index contributed by atoms with van der Waals surface area (Å²) in [6.45, 7) is 4.70. The van der Waals surface area contributed by atoms with Crippen molar-refractivity contribution in [3.63, 3.8) is 0 Å². The first-order valence-corrected chi connectivity index (χ1v) is 12.3. The number of likely N-dealkylation sites (tertiary alicyclic amines) is 3. The number of halogens is 5. The van der Waals surface area contributed by atoms with Crippen molar-refractivity contribution in [2.75, 3.05) is 46.3 Å². The van der Waals surface area contributed by atoms with Crippen molar-refractivity contribution in [3.8, 4) is 0 Å². The summed E-state index contributed by atoms with van der Waals surface area (Å²) in [5.41, 5.74) is -0.430. The van der Waals surface area contributed by atoms with Gasteiger partial charge in [0, 0.05) is 31.7 Å². The van der Waals surface area contributed by atoms with Gasteiger partial charge in [0.05, 0.1) is 11.8 Å². The molecule has 206 valence electrons. The number of amides is 2. The minimum atomic E-state index is -5.08. The van der Waals surface area contributed by atoms with Gasteiger partial charge in [0.25, 0.3) is 0 Å². The van der Waals surface area contributed by atoms with Gasteiger partial charge in [-0.1, -0.05) is 12.1 Å². The zero-order chi connectivity index (χ0) is 27.4. The summed E-state index contributed by atoms with van der Waals surface area (Å²) in [6, 6.07) is 3.91. The van der Waals surface area contributed by atoms with E-state index in [1.54, 1.807) is 4.90 Å². The fourth-order valence-electron chi connectivity index (χ4n) is 5.31. The molecule has 1 unspecified atom stereocenters. The lowest BCUT2D eigenvalue weighted by Crippen LogP contribution is -2.50. The van der Waals surface area contributed by atoms with Crippen LogP contribution in [0.3, 0.4) is 0 Å². The Hall–Kier alpha value is -2.76. The number of carbonyl (C=O) groups excluding carboxylic acids is 2. The Morgan fingerprint density at radius 3 is 2.35 bits per heavy atom. The Balaban J connectivity index is 0.000000479. The molecule has 1 atom stereocenters. The summed E-state index contributed by atoms with van der Waals surface area (Å²) >= 11 is 0. The van der Waals surface area contributed by atoms with Crippen molar-refractivity contribution in [1.29, 1.82) is 0 Å². The third-order valence-corrected chi connectivity index (χ3v) is 7.46. The first-order valence-electron chi connectivity index (χ1n) is 12.3. The number of rotatable bonds is 4. The van der Waals surface area contributed by atoms with E-state index in [0.29, 0.717) is 19.0 Å². The fourth-order valence-corrected chi connectivity index (χ4v) is 5.31. The van der Waals surface area contributed by atoms with E-state index in [0.717, 1.165) is 64.3 Å². The number of carboxylic acids is 1. The molecule has 37 heavy (non-hydrogen) atoms. The lowest BCUT2D eigenvalue weighted by molar-refractivity contribution is -0.192. The van der Waals surface area contributed by atoms with Gasteiger partial charge in [-0.3, -0.25) is 9.59 Å². The summed E-state index contributed by atoms with van der Waals surface area (Å²) in [5, 5.41) is 7.12. The van der Waals surface area contributed by atoms with Crippen molar-refractivity contribution >= 4 is 17.8 Å². The Morgan fingerprint density at radius 2 is 1.73 bits per heavy atom. The van der Waals surface area contributed by atoms with Crippen LogP contribution >= 0.6 is 0 Å². The van der Waals surface area contributed by atoms with Gasteiger partial charge in [0.2, 0.25) is 11.8 Å². The molecular weight excluding hydrogens is 501 g/mol. The number of hydrogen-bond donors (Lipinski definition) is 1. The molecule has 0 aliphatic carbocycles. The molecule has 1 N–H and O–H groups in total. The topological polar surface area (TPSA) is 81.2 Å². The average molecular weight is 534 g/mol. The van der Waals surface area contributed by atoms with Gasteiger partial charge in [-0.05, 0) is 64.2 Å². The van der Waals surface area contributed by atoms with E-state index in [1.807, 2.05) is 4.90 Å². The second-order valence-corrected chi connectivity index (χ2v) is 10.1. The molecule has 0 bridgehead atoms. The molecule has 0 aromatic heterocycles. The first kappa shape index (κ1) is 28.8. The molecule has 2 amide bonds. The molecule has 0 saturated carbocycles. The quantitative estimate of drug-likeness (QED) is 0.601. The minimum absolute atomic E-state index is 0.0706. The highest BCUT2D eigenvalue weighted by Gasteiger charge is 2.49. The Bertz CT molecular complexity index is 997. The molecule has 1 aromatic carbocycles.